The summed E-state index contributed by atoms with van der Waals surface area (Å²) < 4.78 is 81.5. The van der Waals surface area contributed by atoms with Crippen molar-refractivity contribution in [3.63, 3.8) is 0 Å². The highest BCUT2D eigenvalue weighted by atomic mass is 19.4. The molecule has 0 bridgehead atoms. The number of aliphatic hydroxyl groups is 1. The third kappa shape index (κ3) is 9.71. The Morgan fingerprint density at radius 2 is 1.54 bits per heavy atom. The lowest BCUT2D eigenvalue weighted by atomic mass is 9.93. The summed E-state index contributed by atoms with van der Waals surface area (Å²) in [5.74, 6) is -2.41. The van der Waals surface area contributed by atoms with Gasteiger partial charge >= 0.3 is 18.3 Å². The quantitative estimate of drug-likeness (QED) is 0.343. The smallest absolute Gasteiger partial charge is 0.475 e. The molecule has 2 aromatic rings. The van der Waals surface area contributed by atoms with E-state index in [1.54, 1.807) is 0 Å². The number of carbonyl (C=O) groups is 2. The van der Waals surface area contributed by atoms with Gasteiger partial charge in [0.2, 0.25) is 0 Å². The number of halogens is 6. The molecule has 1 saturated heterocycles. The van der Waals surface area contributed by atoms with Crippen LogP contribution >= 0.6 is 0 Å². The molecule has 228 valence electrons. The molecule has 2 aliphatic rings. The van der Waals surface area contributed by atoms with Gasteiger partial charge in [0.25, 0.3) is 5.91 Å². The van der Waals surface area contributed by atoms with Crippen molar-refractivity contribution in [1.82, 2.24) is 15.8 Å². The molecule has 4 rings (SSSR count). The molecule has 41 heavy (non-hydrogen) atoms. The Morgan fingerprint density at radius 1 is 0.951 bits per heavy atom. The van der Waals surface area contributed by atoms with Crippen LogP contribution in [0.3, 0.4) is 0 Å². The molecule has 1 saturated carbocycles. The fourth-order valence-corrected chi connectivity index (χ4v) is 4.51. The first-order chi connectivity index (χ1) is 19.3. The van der Waals surface area contributed by atoms with Crippen molar-refractivity contribution < 1.29 is 55.4 Å². The van der Waals surface area contributed by atoms with Gasteiger partial charge in [0.05, 0.1) is 11.7 Å². The largest absolute Gasteiger partial charge is 0.490 e. The summed E-state index contributed by atoms with van der Waals surface area (Å²) in [5, 5.41) is 27.1. The minimum atomic E-state index is -5.08. The molecule has 2 heterocycles. The van der Waals surface area contributed by atoms with Crippen molar-refractivity contribution in [2.45, 2.75) is 69.6 Å². The van der Waals surface area contributed by atoms with Crippen LogP contribution in [0.5, 0.6) is 0 Å². The van der Waals surface area contributed by atoms with E-state index in [1.165, 1.54) is 12.1 Å². The number of amides is 1. The van der Waals surface area contributed by atoms with E-state index in [0.717, 1.165) is 44.7 Å². The fraction of sp³-hybridized carbons (Fsp3) is 0.577. The highest BCUT2D eigenvalue weighted by Crippen LogP contribution is 2.33. The van der Waals surface area contributed by atoms with E-state index in [-0.39, 0.29) is 29.5 Å². The van der Waals surface area contributed by atoms with Gasteiger partial charge in [-0.2, -0.15) is 26.3 Å². The number of carboxylic acids is 1. The number of ether oxygens (including phenoxy) is 1. The summed E-state index contributed by atoms with van der Waals surface area (Å²) in [6.07, 6.45) is -5.36. The van der Waals surface area contributed by atoms with Crippen LogP contribution in [0.15, 0.2) is 28.8 Å². The Kier molecular flexibility index (Phi) is 11.2. The van der Waals surface area contributed by atoms with Crippen molar-refractivity contribution in [2.24, 2.45) is 5.92 Å². The van der Waals surface area contributed by atoms with Gasteiger partial charge in [-0.15, -0.1) is 0 Å². The predicted octanol–water partition coefficient (Wildman–Crippen LogP) is 4.54. The monoisotopic (exact) mass is 595 g/mol. The van der Waals surface area contributed by atoms with Gasteiger partial charge in [-0.25, -0.2) is 4.79 Å². The number of alkyl halides is 6. The first-order valence-corrected chi connectivity index (χ1v) is 13.0. The number of aliphatic carboxylic acids is 1. The molecule has 9 nitrogen and oxygen atoms in total. The highest BCUT2D eigenvalue weighted by Gasteiger charge is 2.38. The molecule has 1 aliphatic heterocycles. The van der Waals surface area contributed by atoms with Crippen molar-refractivity contribution in [1.29, 1.82) is 0 Å². The molecule has 0 radical (unpaired) electrons. The minimum Gasteiger partial charge on any atom is -0.475 e. The Bertz CT molecular complexity index is 1140. The molecular formula is C26H31F6N3O6. The van der Waals surface area contributed by atoms with Crippen molar-refractivity contribution in [2.75, 3.05) is 19.8 Å². The standard InChI is InChI=1S/C24H30F3N3O4.C2HF3O2/c25-24(26,27)17-3-1-16(2-4-17)22-20(14-28-13-15-9-11-33-12-10-15)21(30-34-22)23(32)29-18-5-7-19(31)8-6-18;3-2(4,5)1(6)7/h1-4,15,18-19,28,31H,5-14H2,(H,29,32);(H,6,7). The average molecular weight is 596 g/mol. The first kappa shape index (κ1) is 32.3. The van der Waals surface area contributed by atoms with E-state index in [1.807, 2.05) is 0 Å². The van der Waals surface area contributed by atoms with Crippen LogP contribution in [0.25, 0.3) is 11.3 Å². The second-order valence-electron chi connectivity index (χ2n) is 9.88. The third-order valence-electron chi connectivity index (χ3n) is 6.83. The molecule has 4 N–H and O–H groups in total. The van der Waals surface area contributed by atoms with Crippen LogP contribution in [0.4, 0.5) is 26.3 Å². The van der Waals surface area contributed by atoms with Crippen molar-refractivity contribution >= 4 is 11.9 Å². The summed E-state index contributed by atoms with van der Waals surface area (Å²) >= 11 is 0. The van der Waals surface area contributed by atoms with E-state index in [2.05, 4.69) is 15.8 Å². The number of aromatic nitrogens is 1. The van der Waals surface area contributed by atoms with Gasteiger partial charge in [-0.1, -0.05) is 17.3 Å². The fourth-order valence-electron chi connectivity index (χ4n) is 4.51. The number of nitrogens with one attached hydrogen (secondary N) is 2. The highest BCUT2D eigenvalue weighted by molar-refractivity contribution is 5.95. The van der Waals surface area contributed by atoms with Gasteiger partial charge in [0, 0.05) is 36.9 Å². The number of carbonyl (C=O) groups excluding carboxylic acids is 1. The number of hydrogen-bond donors (Lipinski definition) is 4. The number of nitrogens with zero attached hydrogens (tertiary/aromatic N) is 1. The summed E-state index contributed by atoms with van der Waals surface area (Å²) in [4.78, 5) is 21.9. The summed E-state index contributed by atoms with van der Waals surface area (Å²) in [6.45, 7) is 2.46. The zero-order chi connectivity index (χ0) is 30.2. The number of benzene rings is 1. The van der Waals surface area contributed by atoms with E-state index < -0.39 is 23.9 Å². The Labute approximate surface area is 231 Å². The molecule has 15 heteroatoms. The van der Waals surface area contributed by atoms with Crippen LogP contribution in [-0.4, -0.2) is 65.3 Å². The van der Waals surface area contributed by atoms with Crippen LogP contribution in [0.1, 0.15) is 60.1 Å². The van der Waals surface area contributed by atoms with E-state index in [9.17, 15) is 36.2 Å². The molecule has 0 unspecified atom stereocenters. The Morgan fingerprint density at radius 3 is 2.07 bits per heavy atom. The molecule has 2 fully saturated rings. The zero-order valence-corrected chi connectivity index (χ0v) is 21.9. The van der Waals surface area contributed by atoms with Gasteiger partial charge in [0.15, 0.2) is 11.5 Å². The van der Waals surface area contributed by atoms with Crippen LogP contribution in [0.2, 0.25) is 0 Å². The van der Waals surface area contributed by atoms with Crippen molar-refractivity contribution in [3.05, 3.63) is 41.1 Å². The van der Waals surface area contributed by atoms with Crippen LogP contribution < -0.4 is 10.6 Å². The molecule has 0 atom stereocenters. The lowest BCUT2D eigenvalue weighted by Crippen LogP contribution is -2.39. The topological polar surface area (TPSA) is 134 Å². The second-order valence-corrected chi connectivity index (χ2v) is 9.88. The van der Waals surface area contributed by atoms with E-state index >= 15 is 0 Å². The van der Waals surface area contributed by atoms with Crippen LogP contribution in [0, 0.1) is 5.92 Å². The summed E-state index contributed by atoms with van der Waals surface area (Å²) in [7, 11) is 0. The molecule has 1 aromatic heterocycles. The summed E-state index contributed by atoms with van der Waals surface area (Å²) in [6, 6.07) is 4.57. The predicted molar refractivity (Wildman–Crippen MR) is 132 cm³/mol. The molecule has 1 aromatic carbocycles. The van der Waals surface area contributed by atoms with E-state index in [0.29, 0.717) is 49.3 Å². The number of rotatable bonds is 7. The van der Waals surface area contributed by atoms with Gasteiger partial charge in [-0.05, 0) is 63.1 Å². The number of carboxylic acid groups (broad SMARTS) is 1. The van der Waals surface area contributed by atoms with Crippen LogP contribution in [-0.2, 0) is 22.3 Å². The molecular weight excluding hydrogens is 564 g/mol. The summed E-state index contributed by atoms with van der Waals surface area (Å²) in [5.41, 5.74) is 0.302. The lowest BCUT2D eigenvalue weighted by Gasteiger charge is -2.26. The zero-order valence-electron chi connectivity index (χ0n) is 21.9. The normalized spacial score (nSPS) is 20.2. The molecule has 1 amide bonds. The second kappa shape index (κ2) is 14.1. The maximum atomic E-state index is 13.0. The number of aliphatic hydroxyl groups excluding tert-OH is 1. The van der Waals surface area contributed by atoms with Gasteiger partial charge in [0.1, 0.15) is 0 Å². The van der Waals surface area contributed by atoms with Gasteiger partial charge < -0.3 is 30.1 Å². The van der Waals surface area contributed by atoms with Gasteiger partial charge in [-0.3, -0.25) is 4.79 Å². The Hall–Kier alpha value is -3.17. The SMILES string of the molecule is O=C(NC1CCC(O)CC1)c1noc(-c2ccc(C(F)(F)F)cc2)c1CNCC1CCOCC1.O=C(O)C(F)(F)F. The molecule has 1 aliphatic carbocycles. The lowest BCUT2D eigenvalue weighted by molar-refractivity contribution is -0.192. The van der Waals surface area contributed by atoms with E-state index in [4.69, 9.17) is 19.2 Å². The molecule has 0 spiro atoms. The van der Waals surface area contributed by atoms with Crippen molar-refractivity contribution in [3.8, 4) is 11.3 Å². The third-order valence-corrected chi connectivity index (χ3v) is 6.83. The number of hydrogen-bond acceptors (Lipinski definition) is 7. The Balaban J connectivity index is 0.000000587. The minimum absolute atomic E-state index is 0.0647. The average Bonchev–Trinajstić information content (AvgIpc) is 3.34. The first-order valence-electron chi connectivity index (χ1n) is 13.0. The maximum absolute atomic E-state index is 13.0. The maximum Gasteiger partial charge on any atom is 0.490 e.